The van der Waals surface area contributed by atoms with Gasteiger partial charge in [-0.15, -0.1) is 11.8 Å². The fourth-order valence-corrected chi connectivity index (χ4v) is 1.84. The van der Waals surface area contributed by atoms with Crippen LogP contribution >= 0.6 is 11.8 Å². The quantitative estimate of drug-likeness (QED) is 0.667. The highest BCUT2D eigenvalue weighted by Crippen LogP contribution is 2.20. The topological polar surface area (TPSA) is 75.3 Å². The highest BCUT2D eigenvalue weighted by Gasteiger charge is 2.05. The molecule has 5 heteroatoms. The highest BCUT2D eigenvalue weighted by atomic mass is 32.2. The molecule has 0 aliphatic heterocycles. The number of hydrogen-bond donors (Lipinski definition) is 3. The van der Waals surface area contributed by atoms with E-state index in [9.17, 15) is 4.79 Å². The van der Waals surface area contributed by atoms with Crippen molar-refractivity contribution in [3.8, 4) is 5.75 Å². The van der Waals surface area contributed by atoms with Gasteiger partial charge >= 0.3 is 0 Å². The molecule has 0 radical (unpaired) electrons. The summed E-state index contributed by atoms with van der Waals surface area (Å²) in [6, 6.07) is 6.79. The van der Waals surface area contributed by atoms with Crippen LogP contribution in [-0.2, 0) is 4.79 Å². The van der Waals surface area contributed by atoms with Crippen molar-refractivity contribution in [1.29, 1.82) is 0 Å². The Morgan fingerprint density at radius 1 is 1.47 bits per heavy atom. The highest BCUT2D eigenvalue weighted by molar-refractivity contribution is 8.00. The minimum atomic E-state index is 0.00313. The number of phenolic OH excluding ortho intramolecular Hbond substituents is 1. The fraction of sp³-hybridized carbons (Fsp3) is 0.417. The van der Waals surface area contributed by atoms with Crippen LogP contribution in [0.5, 0.6) is 5.75 Å². The number of rotatable bonds is 6. The Morgan fingerprint density at radius 2 is 2.12 bits per heavy atom. The van der Waals surface area contributed by atoms with Gasteiger partial charge in [0.1, 0.15) is 5.75 Å². The molecule has 0 bridgehead atoms. The summed E-state index contributed by atoms with van der Waals surface area (Å²) in [6.07, 6.45) is 0. The number of benzene rings is 1. The molecule has 4 nitrogen and oxygen atoms in total. The fourth-order valence-electron chi connectivity index (χ4n) is 1.11. The third-order valence-corrected chi connectivity index (χ3v) is 3.27. The third-order valence-electron chi connectivity index (χ3n) is 2.26. The molecule has 1 amide bonds. The molecule has 0 aliphatic rings. The Kier molecular flexibility index (Phi) is 5.86. The molecule has 0 spiro atoms. The number of carbonyl (C=O) groups excluding carboxylic acids is 1. The van der Waals surface area contributed by atoms with Gasteiger partial charge in [0.15, 0.2) is 0 Å². The van der Waals surface area contributed by atoms with Gasteiger partial charge in [0.05, 0.1) is 5.75 Å². The van der Waals surface area contributed by atoms with Crippen molar-refractivity contribution >= 4 is 17.7 Å². The van der Waals surface area contributed by atoms with Crippen molar-refractivity contribution in [2.75, 3.05) is 18.8 Å². The molecule has 0 heterocycles. The molecular weight excluding hydrogens is 236 g/mol. The first kappa shape index (κ1) is 13.9. The van der Waals surface area contributed by atoms with E-state index in [-0.39, 0.29) is 11.7 Å². The molecule has 1 aromatic rings. The number of amides is 1. The second-order valence-electron chi connectivity index (χ2n) is 3.93. The van der Waals surface area contributed by atoms with Crippen LogP contribution in [-0.4, -0.2) is 29.9 Å². The smallest absolute Gasteiger partial charge is 0.230 e. The molecule has 0 aliphatic carbocycles. The van der Waals surface area contributed by atoms with Gasteiger partial charge in [-0.25, -0.2) is 0 Å². The van der Waals surface area contributed by atoms with Crippen molar-refractivity contribution in [1.82, 2.24) is 5.32 Å². The Labute approximate surface area is 106 Å². The van der Waals surface area contributed by atoms with E-state index in [1.54, 1.807) is 24.3 Å². The lowest BCUT2D eigenvalue weighted by atomic mass is 10.2. The molecule has 4 N–H and O–H groups in total. The zero-order valence-corrected chi connectivity index (χ0v) is 10.7. The van der Waals surface area contributed by atoms with Crippen LogP contribution in [0.15, 0.2) is 29.2 Å². The van der Waals surface area contributed by atoms with Crippen molar-refractivity contribution in [3.63, 3.8) is 0 Å². The van der Waals surface area contributed by atoms with Gasteiger partial charge in [-0.2, -0.15) is 0 Å². The number of aromatic hydroxyl groups is 1. The van der Waals surface area contributed by atoms with Crippen LogP contribution in [0.2, 0.25) is 0 Å². The van der Waals surface area contributed by atoms with E-state index in [4.69, 9.17) is 10.8 Å². The Hall–Kier alpha value is -1.20. The molecule has 17 heavy (non-hydrogen) atoms. The van der Waals surface area contributed by atoms with Crippen LogP contribution in [0, 0.1) is 5.92 Å². The van der Waals surface area contributed by atoms with E-state index < -0.39 is 0 Å². The molecule has 0 saturated carbocycles. The Morgan fingerprint density at radius 3 is 2.71 bits per heavy atom. The number of hydrogen-bond acceptors (Lipinski definition) is 4. The lowest BCUT2D eigenvalue weighted by molar-refractivity contribution is -0.118. The zero-order chi connectivity index (χ0) is 12.7. The molecular formula is C12H18N2O2S. The minimum Gasteiger partial charge on any atom is -0.508 e. The summed E-state index contributed by atoms with van der Waals surface area (Å²) in [7, 11) is 0. The number of thioether (sulfide) groups is 1. The molecule has 1 aromatic carbocycles. The predicted octanol–water partition coefficient (Wildman–Crippen LogP) is 1.20. The summed E-state index contributed by atoms with van der Waals surface area (Å²) >= 11 is 1.44. The summed E-state index contributed by atoms with van der Waals surface area (Å²) in [6.45, 7) is 3.18. The minimum absolute atomic E-state index is 0.00313. The van der Waals surface area contributed by atoms with Gasteiger partial charge in [0, 0.05) is 11.4 Å². The van der Waals surface area contributed by atoms with Gasteiger partial charge in [0.2, 0.25) is 5.91 Å². The van der Waals surface area contributed by atoms with Crippen LogP contribution < -0.4 is 11.1 Å². The van der Waals surface area contributed by atoms with Crippen LogP contribution in [0.1, 0.15) is 6.92 Å². The summed E-state index contributed by atoms with van der Waals surface area (Å²) in [4.78, 5) is 12.4. The van der Waals surface area contributed by atoms with Crippen LogP contribution in [0.3, 0.4) is 0 Å². The van der Waals surface area contributed by atoms with Crippen molar-refractivity contribution in [3.05, 3.63) is 24.3 Å². The largest absolute Gasteiger partial charge is 0.508 e. The maximum absolute atomic E-state index is 11.5. The van der Waals surface area contributed by atoms with E-state index in [1.165, 1.54) is 11.8 Å². The van der Waals surface area contributed by atoms with Gasteiger partial charge in [-0.3, -0.25) is 4.79 Å². The lowest BCUT2D eigenvalue weighted by Crippen LogP contribution is -2.32. The first-order valence-corrected chi connectivity index (χ1v) is 6.49. The van der Waals surface area contributed by atoms with E-state index in [0.717, 1.165) is 4.90 Å². The number of nitrogens with one attached hydrogen (secondary N) is 1. The van der Waals surface area contributed by atoms with Gasteiger partial charge in [0.25, 0.3) is 0 Å². The number of carbonyl (C=O) groups is 1. The maximum Gasteiger partial charge on any atom is 0.230 e. The van der Waals surface area contributed by atoms with E-state index in [1.807, 2.05) is 6.92 Å². The molecule has 1 rings (SSSR count). The first-order valence-electron chi connectivity index (χ1n) is 5.50. The Balaban J connectivity index is 2.26. The van der Waals surface area contributed by atoms with Crippen molar-refractivity contribution in [2.24, 2.45) is 11.7 Å². The number of nitrogens with two attached hydrogens (primary N) is 1. The molecule has 0 aromatic heterocycles. The van der Waals surface area contributed by atoms with Gasteiger partial charge in [-0.1, -0.05) is 6.92 Å². The third kappa shape index (κ3) is 5.60. The number of phenols is 1. The average molecular weight is 254 g/mol. The monoisotopic (exact) mass is 254 g/mol. The average Bonchev–Trinajstić information content (AvgIpc) is 2.35. The molecule has 1 unspecified atom stereocenters. The normalized spacial score (nSPS) is 12.1. The van der Waals surface area contributed by atoms with Crippen molar-refractivity contribution < 1.29 is 9.90 Å². The molecule has 0 fully saturated rings. The maximum atomic E-state index is 11.5. The molecule has 1 atom stereocenters. The molecule has 0 saturated heterocycles. The van der Waals surface area contributed by atoms with Crippen LogP contribution in [0.4, 0.5) is 0 Å². The Bertz CT molecular complexity index is 354. The first-order chi connectivity index (χ1) is 8.11. The second-order valence-corrected chi connectivity index (χ2v) is 4.98. The second kappa shape index (κ2) is 7.19. The van der Waals surface area contributed by atoms with E-state index in [0.29, 0.717) is 24.8 Å². The standard InChI is InChI=1S/C12H18N2O2S/c1-9(6-13)7-14-12(16)8-17-11-4-2-10(15)3-5-11/h2-5,9,15H,6-8,13H2,1H3,(H,14,16). The van der Waals surface area contributed by atoms with E-state index >= 15 is 0 Å². The summed E-state index contributed by atoms with van der Waals surface area (Å²) in [5.74, 6) is 0.916. The predicted molar refractivity (Wildman–Crippen MR) is 70.1 cm³/mol. The van der Waals surface area contributed by atoms with E-state index in [2.05, 4.69) is 5.32 Å². The van der Waals surface area contributed by atoms with Crippen LogP contribution in [0.25, 0.3) is 0 Å². The molecule has 94 valence electrons. The summed E-state index contributed by atoms with van der Waals surface area (Å²) in [5, 5.41) is 11.9. The van der Waals surface area contributed by atoms with Gasteiger partial charge < -0.3 is 16.2 Å². The zero-order valence-electron chi connectivity index (χ0n) is 9.85. The summed E-state index contributed by atoms with van der Waals surface area (Å²) < 4.78 is 0. The SMILES string of the molecule is CC(CN)CNC(=O)CSc1ccc(O)cc1. The van der Waals surface area contributed by atoms with Gasteiger partial charge in [-0.05, 0) is 36.7 Å². The summed E-state index contributed by atoms with van der Waals surface area (Å²) in [5.41, 5.74) is 5.46. The lowest BCUT2D eigenvalue weighted by Gasteiger charge is -2.09. The van der Waals surface area contributed by atoms with Crippen molar-refractivity contribution in [2.45, 2.75) is 11.8 Å².